The minimum absolute atomic E-state index is 0.165. The second-order valence-electron chi connectivity index (χ2n) is 3.97. The third kappa shape index (κ3) is 4.05. The number of benzene rings is 1. The number of ether oxygens (including phenoxy) is 1. The molecule has 19 heavy (non-hydrogen) atoms. The molecule has 2 aromatic rings. The molecule has 0 bridgehead atoms. The van der Waals surface area contributed by atoms with Crippen LogP contribution in [0, 0.1) is 0 Å². The zero-order chi connectivity index (χ0) is 13.7. The van der Waals surface area contributed by atoms with Gasteiger partial charge in [0.15, 0.2) is 0 Å². The number of carbonyl (C=O) groups is 1. The summed E-state index contributed by atoms with van der Waals surface area (Å²) in [7, 11) is 0. The van der Waals surface area contributed by atoms with Gasteiger partial charge >= 0.3 is 5.97 Å². The van der Waals surface area contributed by atoms with Crippen LogP contribution in [-0.2, 0) is 18.0 Å². The molecular formula is C14H12ClNO3. The summed E-state index contributed by atoms with van der Waals surface area (Å²) in [4.78, 5) is 14.7. The fourth-order valence-electron chi connectivity index (χ4n) is 1.54. The lowest BCUT2D eigenvalue weighted by Gasteiger charge is -2.04. The summed E-state index contributed by atoms with van der Waals surface area (Å²) >= 11 is 5.86. The first-order valence-corrected chi connectivity index (χ1v) is 6.03. The van der Waals surface area contributed by atoms with Crippen molar-refractivity contribution in [1.82, 2.24) is 4.98 Å². The Hall–Kier alpha value is -1.91. The molecule has 0 aliphatic rings. The van der Waals surface area contributed by atoms with Gasteiger partial charge < -0.3 is 9.84 Å². The van der Waals surface area contributed by atoms with Crippen LogP contribution in [0.2, 0.25) is 5.02 Å². The van der Waals surface area contributed by atoms with E-state index < -0.39 is 5.97 Å². The van der Waals surface area contributed by atoms with Crippen LogP contribution >= 0.6 is 11.6 Å². The normalized spacial score (nSPS) is 10.4. The standard InChI is InChI=1S/C14H12ClNO3/c15-12-3-1-2-10(6-12)8-19-9-13-5-4-11(7-16-13)14(17)18/h1-7H,8-9H2,(H,17,18). The summed E-state index contributed by atoms with van der Waals surface area (Å²) in [6.45, 7) is 0.759. The van der Waals surface area contributed by atoms with Crippen molar-refractivity contribution in [2.75, 3.05) is 0 Å². The van der Waals surface area contributed by atoms with Crippen LogP contribution < -0.4 is 0 Å². The van der Waals surface area contributed by atoms with Gasteiger partial charge in [0, 0.05) is 11.2 Å². The Morgan fingerprint density at radius 2 is 2.11 bits per heavy atom. The van der Waals surface area contributed by atoms with Crippen LogP contribution in [0.15, 0.2) is 42.6 Å². The van der Waals surface area contributed by atoms with Crippen LogP contribution in [-0.4, -0.2) is 16.1 Å². The van der Waals surface area contributed by atoms with E-state index in [0.717, 1.165) is 5.56 Å². The molecule has 1 aromatic heterocycles. The van der Waals surface area contributed by atoms with E-state index in [0.29, 0.717) is 23.9 Å². The predicted octanol–water partition coefficient (Wildman–Crippen LogP) is 3.15. The number of nitrogens with zero attached hydrogens (tertiary/aromatic N) is 1. The molecule has 98 valence electrons. The lowest BCUT2D eigenvalue weighted by molar-refractivity contribution is 0.0696. The first-order valence-electron chi connectivity index (χ1n) is 5.65. The molecule has 0 atom stereocenters. The van der Waals surface area contributed by atoms with Crippen LogP contribution in [0.3, 0.4) is 0 Å². The summed E-state index contributed by atoms with van der Waals surface area (Å²) in [5.41, 5.74) is 1.83. The number of aromatic carboxylic acids is 1. The summed E-state index contributed by atoms with van der Waals surface area (Å²) < 4.78 is 5.49. The topological polar surface area (TPSA) is 59.4 Å². The Morgan fingerprint density at radius 3 is 2.74 bits per heavy atom. The molecule has 4 nitrogen and oxygen atoms in total. The molecule has 5 heteroatoms. The fourth-order valence-corrected chi connectivity index (χ4v) is 1.75. The molecule has 0 fully saturated rings. The van der Waals surface area contributed by atoms with E-state index in [4.69, 9.17) is 21.4 Å². The van der Waals surface area contributed by atoms with Gasteiger partial charge in [-0.2, -0.15) is 0 Å². The Morgan fingerprint density at radius 1 is 1.26 bits per heavy atom. The van der Waals surface area contributed by atoms with Gasteiger partial charge in [0.2, 0.25) is 0 Å². The van der Waals surface area contributed by atoms with Gasteiger partial charge in [-0.05, 0) is 29.8 Å². The lowest BCUT2D eigenvalue weighted by atomic mass is 10.2. The molecule has 0 saturated heterocycles. The highest BCUT2D eigenvalue weighted by molar-refractivity contribution is 6.30. The van der Waals surface area contributed by atoms with Gasteiger partial charge in [0.25, 0.3) is 0 Å². The fraction of sp³-hybridized carbons (Fsp3) is 0.143. The second kappa shape index (κ2) is 6.31. The summed E-state index contributed by atoms with van der Waals surface area (Å²) in [5, 5.41) is 9.41. The number of carboxylic acids is 1. The average Bonchev–Trinajstić information content (AvgIpc) is 2.39. The molecular weight excluding hydrogens is 266 g/mol. The van der Waals surface area contributed by atoms with E-state index >= 15 is 0 Å². The zero-order valence-electron chi connectivity index (χ0n) is 10.0. The van der Waals surface area contributed by atoms with Gasteiger partial charge in [0.05, 0.1) is 24.5 Å². The minimum Gasteiger partial charge on any atom is -0.478 e. The van der Waals surface area contributed by atoms with E-state index in [1.165, 1.54) is 12.3 Å². The number of carboxylic acid groups (broad SMARTS) is 1. The van der Waals surface area contributed by atoms with Gasteiger partial charge in [-0.25, -0.2) is 4.79 Å². The van der Waals surface area contributed by atoms with Crippen molar-refractivity contribution in [2.24, 2.45) is 0 Å². The van der Waals surface area contributed by atoms with Crippen molar-refractivity contribution in [3.8, 4) is 0 Å². The van der Waals surface area contributed by atoms with Gasteiger partial charge in [-0.3, -0.25) is 4.98 Å². The quantitative estimate of drug-likeness (QED) is 0.912. The van der Waals surface area contributed by atoms with Gasteiger partial charge in [0.1, 0.15) is 0 Å². The summed E-state index contributed by atoms with van der Waals surface area (Å²) in [5.74, 6) is -0.987. The highest BCUT2D eigenvalue weighted by Crippen LogP contribution is 2.12. The molecule has 0 saturated carbocycles. The highest BCUT2D eigenvalue weighted by atomic mass is 35.5. The monoisotopic (exact) mass is 277 g/mol. The van der Waals surface area contributed by atoms with Crippen molar-refractivity contribution >= 4 is 17.6 Å². The molecule has 1 aromatic carbocycles. The maximum atomic E-state index is 10.7. The average molecular weight is 278 g/mol. The lowest BCUT2D eigenvalue weighted by Crippen LogP contribution is -2.00. The molecule has 0 aliphatic carbocycles. The summed E-state index contributed by atoms with van der Waals surface area (Å²) in [6, 6.07) is 10.6. The Labute approximate surface area is 115 Å². The molecule has 0 aliphatic heterocycles. The van der Waals surface area contributed by atoms with E-state index in [1.54, 1.807) is 12.1 Å². The zero-order valence-corrected chi connectivity index (χ0v) is 10.8. The van der Waals surface area contributed by atoms with Crippen molar-refractivity contribution in [3.63, 3.8) is 0 Å². The number of halogens is 1. The number of pyridine rings is 1. The van der Waals surface area contributed by atoms with Crippen LogP contribution in [0.25, 0.3) is 0 Å². The second-order valence-corrected chi connectivity index (χ2v) is 4.40. The van der Waals surface area contributed by atoms with Crippen molar-refractivity contribution in [2.45, 2.75) is 13.2 Å². The molecule has 1 heterocycles. The molecule has 0 spiro atoms. The van der Waals surface area contributed by atoms with Crippen LogP contribution in [0.4, 0.5) is 0 Å². The number of aromatic nitrogens is 1. The third-order valence-electron chi connectivity index (χ3n) is 2.48. The van der Waals surface area contributed by atoms with E-state index in [2.05, 4.69) is 4.98 Å². The van der Waals surface area contributed by atoms with Gasteiger partial charge in [-0.1, -0.05) is 23.7 Å². The van der Waals surface area contributed by atoms with E-state index in [1.807, 2.05) is 18.2 Å². The maximum absolute atomic E-state index is 10.7. The SMILES string of the molecule is O=C(O)c1ccc(COCc2cccc(Cl)c2)nc1. The van der Waals surface area contributed by atoms with Crippen molar-refractivity contribution in [1.29, 1.82) is 0 Å². The molecule has 0 amide bonds. The number of hydrogen-bond donors (Lipinski definition) is 1. The predicted molar refractivity (Wildman–Crippen MR) is 71.1 cm³/mol. The van der Waals surface area contributed by atoms with Crippen LogP contribution in [0.1, 0.15) is 21.6 Å². The van der Waals surface area contributed by atoms with Crippen molar-refractivity contribution < 1.29 is 14.6 Å². The third-order valence-corrected chi connectivity index (χ3v) is 2.71. The Kier molecular flexibility index (Phi) is 4.49. The van der Waals surface area contributed by atoms with Crippen LogP contribution in [0.5, 0.6) is 0 Å². The van der Waals surface area contributed by atoms with Gasteiger partial charge in [-0.15, -0.1) is 0 Å². The molecule has 0 radical (unpaired) electrons. The van der Waals surface area contributed by atoms with E-state index in [-0.39, 0.29) is 5.56 Å². The molecule has 0 unspecified atom stereocenters. The summed E-state index contributed by atoms with van der Waals surface area (Å²) in [6.07, 6.45) is 1.32. The first-order chi connectivity index (χ1) is 9.15. The molecule has 2 rings (SSSR count). The Balaban J connectivity index is 1.87. The van der Waals surface area contributed by atoms with E-state index in [9.17, 15) is 4.79 Å². The first kappa shape index (κ1) is 13.5. The smallest absolute Gasteiger partial charge is 0.337 e. The highest BCUT2D eigenvalue weighted by Gasteiger charge is 2.03. The number of rotatable bonds is 5. The maximum Gasteiger partial charge on any atom is 0.337 e. The van der Waals surface area contributed by atoms with Crippen molar-refractivity contribution in [3.05, 3.63) is 64.4 Å². The minimum atomic E-state index is -0.987. The Bertz CT molecular complexity index is 569. The largest absolute Gasteiger partial charge is 0.478 e. The number of hydrogen-bond acceptors (Lipinski definition) is 3. The molecule has 1 N–H and O–H groups in total.